The molecule has 0 spiro atoms. The Hall–Kier alpha value is -16.0. The third-order valence-electron chi connectivity index (χ3n) is 19.9. The summed E-state index contributed by atoms with van der Waals surface area (Å²) in [5.41, 5.74) is 23.2. The lowest BCUT2D eigenvalue weighted by Crippen LogP contribution is -2.09. The van der Waals surface area contributed by atoms with Crippen LogP contribution >= 0.6 is 0 Å². The largest absolute Gasteiger partial charge is 0.332 e. The fourth-order valence-corrected chi connectivity index (χ4v) is 14.1. The molecule has 0 bridgehead atoms. The van der Waals surface area contributed by atoms with Crippen molar-refractivity contribution in [3.8, 4) is 118 Å². The van der Waals surface area contributed by atoms with Crippen LogP contribution in [0.1, 0.15) is 146 Å². The molecule has 0 N–H and O–H groups in total. The normalized spacial score (nSPS) is 12.5. The molecule has 8 aromatic carbocycles. The number of hydrogen-bond donors (Lipinski definition) is 0. The number of rotatable bonds is 11. The predicted molar refractivity (Wildman–Crippen MR) is 440 cm³/mol. The van der Waals surface area contributed by atoms with E-state index in [0.717, 1.165) is 118 Å². The fraction of sp³-hybridized carbons (Fsp3) is 0.130. The van der Waals surface area contributed by atoms with Gasteiger partial charge in [-0.25, -0.2) is 24.3 Å². The summed E-state index contributed by atoms with van der Waals surface area (Å²) >= 11 is 0. The maximum absolute atomic E-state index is 14.7. The highest BCUT2D eigenvalue weighted by atomic mass is 19.1. The van der Waals surface area contributed by atoms with Crippen LogP contribution in [-0.2, 0) is 39.0 Å². The standard InChI is InChI=1S/C24H19N5O.C23H16FN5O.C23H17N5O.C22H15N5O/c1-4-16-10-11-19-18(12-16)21(17-8-6-5-7-9-17)25-13-20-22(26-14-29(19)20)24-27-23(15(2)3)28-30-24;1-3-14-9-10-18-16(11-14)21(15-7-5-6-8-17(15)24)25-12-19-22(26-13-29(18)19)23-27-20(4-2)28-30-23;1-3-15-10-11-18-17(12-15)21(16-8-6-5-7-9-16)24-13-19-22(25-14-28(18)19)23-26-20(4-2)27-29-23;1-3-15-9-10-18-17(11-15)20(16-7-5-4-6-8-16)23-12-19-21(24-13-27(18)19)22-25-14(2)26-28-22/h1,5-12,14-15H,13H2,2-3H3;1,5-11,13H,4,12H2,2H3;1,5-12,14H,4,13H2,2H3;1,4-11,13H,12H2,2H3. The molecule has 117 heavy (non-hydrogen) atoms. The van der Waals surface area contributed by atoms with Crippen LogP contribution in [0.2, 0.25) is 0 Å². The average Bonchev–Trinajstić information content (AvgIpc) is 1.64. The maximum Gasteiger partial charge on any atom is 0.278 e. The van der Waals surface area contributed by atoms with Crippen molar-refractivity contribution in [2.75, 3.05) is 0 Å². The number of hydrogen-bond acceptors (Lipinski definition) is 20. The van der Waals surface area contributed by atoms with Gasteiger partial charge in [0.05, 0.1) is 94.6 Å². The molecule has 0 fully saturated rings. The zero-order chi connectivity index (χ0) is 80.2. The van der Waals surface area contributed by atoms with E-state index in [2.05, 4.69) is 108 Å². The fourth-order valence-electron chi connectivity index (χ4n) is 14.1. The number of benzene rings is 8. The molecule has 4 aliphatic heterocycles. The SMILES string of the molecule is C#Cc1ccc2c(c1)C(c1ccccc1)=NCc1c(-c3nc(C(C)C)no3)ncn1-2.C#Cc1ccc2c(c1)C(c1ccccc1)=NCc1c(-c3nc(C)no3)ncn1-2.C#Cc1ccc2c(c1)C(c1ccccc1)=NCc1c(-c3nc(CC)no3)ncn1-2.C#Cc1ccc2c(c1)C(c1ccccc1F)=NCc1c(-c3nc(CC)no3)ncn1-2. The van der Waals surface area contributed by atoms with Gasteiger partial charge in [-0.15, -0.1) is 25.7 Å². The summed E-state index contributed by atoms with van der Waals surface area (Å²) in [6.07, 6.45) is 31.0. The van der Waals surface area contributed by atoms with Crippen molar-refractivity contribution in [2.24, 2.45) is 20.0 Å². The number of fused-ring (bicyclic) bond motifs is 12. The van der Waals surface area contributed by atoms with Crippen molar-refractivity contribution in [3.63, 3.8) is 0 Å². The molecule has 12 heterocycles. The van der Waals surface area contributed by atoms with Gasteiger partial charge >= 0.3 is 0 Å². The third kappa shape index (κ3) is 14.3. The molecule has 0 amide bonds. The first-order chi connectivity index (χ1) is 57.4. The topological polar surface area (TPSA) is 276 Å². The van der Waals surface area contributed by atoms with E-state index in [1.165, 1.54) is 6.07 Å². The van der Waals surface area contributed by atoms with Gasteiger partial charge in [-0.1, -0.05) is 175 Å². The van der Waals surface area contributed by atoms with Gasteiger partial charge in [0.2, 0.25) is 0 Å². The first kappa shape index (κ1) is 73.8. The molecule has 0 saturated carbocycles. The van der Waals surface area contributed by atoms with Gasteiger partial charge in [0, 0.05) is 85.5 Å². The number of aromatic nitrogens is 16. The Bertz CT molecular complexity index is 6810. The minimum atomic E-state index is -0.345. The minimum Gasteiger partial charge on any atom is -0.332 e. The number of aryl methyl sites for hydroxylation is 3. The monoisotopic (exact) mass is 1530 g/mol. The average molecular weight is 1540 g/mol. The molecule has 25 heteroatoms. The Morgan fingerprint density at radius 3 is 1.00 bits per heavy atom. The highest BCUT2D eigenvalue weighted by Gasteiger charge is 2.31. The lowest BCUT2D eigenvalue weighted by atomic mass is 9.98. The molecule has 16 aromatic rings. The second-order valence-electron chi connectivity index (χ2n) is 27.4. The summed E-state index contributed by atoms with van der Waals surface area (Å²) < 4.78 is 44.3. The van der Waals surface area contributed by atoms with Crippen LogP contribution in [0.15, 0.2) is 251 Å². The quantitative estimate of drug-likeness (QED) is 0.109. The summed E-state index contributed by atoms with van der Waals surface area (Å²) in [4.78, 5) is 55.4. The molecule has 0 radical (unpaired) electrons. The van der Waals surface area contributed by atoms with Crippen molar-refractivity contribution in [1.29, 1.82) is 0 Å². The van der Waals surface area contributed by atoms with Crippen LogP contribution in [-0.4, -0.2) is 102 Å². The molecule has 8 aromatic heterocycles. The zero-order valence-corrected chi connectivity index (χ0v) is 63.8. The Morgan fingerprint density at radius 1 is 0.368 bits per heavy atom. The molecule has 4 aliphatic rings. The van der Waals surface area contributed by atoms with Crippen LogP contribution in [0, 0.1) is 62.1 Å². The Morgan fingerprint density at radius 2 is 0.684 bits per heavy atom. The van der Waals surface area contributed by atoms with Gasteiger partial charge in [0.15, 0.2) is 46.1 Å². The van der Waals surface area contributed by atoms with Gasteiger partial charge in [-0.3, -0.25) is 38.2 Å². The maximum atomic E-state index is 14.7. The van der Waals surface area contributed by atoms with Crippen LogP contribution in [0.25, 0.3) is 69.1 Å². The molecule has 0 atom stereocenters. The summed E-state index contributed by atoms with van der Waals surface area (Å²) in [5, 5.41) is 15.9. The van der Waals surface area contributed by atoms with Crippen molar-refractivity contribution in [1.82, 2.24) is 78.8 Å². The van der Waals surface area contributed by atoms with Gasteiger partial charge in [0.25, 0.3) is 23.6 Å². The first-order valence-corrected chi connectivity index (χ1v) is 37.5. The second-order valence-corrected chi connectivity index (χ2v) is 27.4. The van der Waals surface area contributed by atoms with E-state index < -0.39 is 0 Å². The molecule has 24 nitrogen and oxygen atoms in total. The third-order valence-corrected chi connectivity index (χ3v) is 19.9. The Labute approximate surface area is 670 Å². The molecule has 0 unspecified atom stereocenters. The lowest BCUT2D eigenvalue weighted by molar-refractivity contribution is 0.418. The van der Waals surface area contributed by atoms with Gasteiger partial charge in [-0.2, -0.15) is 19.9 Å². The summed E-state index contributed by atoms with van der Waals surface area (Å²) in [7, 11) is 0. The number of nitrogens with zero attached hydrogens (tertiary/aromatic N) is 20. The molecular formula is C92H67FN20O4. The van der Waals surface area contributed by atoms with E-state index in [1.807, 2.05) is 185 Å². The summed E-state index contributed by atoms with van der Waals surface area (Å²) in [6.45, 7) is 11.3. The molecule has 20 rings (SSSR count). The predicted octanol–water partition coefficient (Wildman–Crippen LogP) is 15.7. The minimum absolute atomic E-state index is 0.175. The Kier molecular flexibility index (Phi) is 20.2. The molecule has 566 valence electrons. The van der Waals surface area contributed by atoms with E-state index in [1.54, 1.807) is 50.4 Å². The van der Waals surface area contributed by atoms with Crippen molar-refractivity contribution in [3.05, 3.63) is 332 Å². The molecule has 0 aliphatic carbocycles. The number of halogens is 1. The van der Waals surface area contributed by atoms with Crippen LogP contribution in [0.3, 0.4) is 0 Å². The summed E-state index contributed by atoms with van der Waals surface area (Å²) in [5.74, 6) is 14.7. The van der Waals surface area contributed by atoms with Crippen LogP contribution in [0.4, 0.5) is 4.39 Å². The number of aliphatic imine (C=N–C) groups is 4. The first-order valence-electron chi connectivity index (χ1n) is 37.5. The van der Waals surface area contributed by atoms with Gasteiger partial charge < -0.3 is 18.1 Å². The Balaban J connectivity index is 0.000000112. The van der Waals surface area contributed by atoms with Crippen LogP contribution < -0.4 is 0 Å². The van der Waals surface area contributed by atoms with E-state index in [-0.39, 0.29) is 18.3 Å². The van der Waals surface area contributed by atoms with Gasteiger partial charge in [0.1, 0.15) is 31.1 Å². The highest BCUT2D eigenvalue weighted by Crippen LogP contribution is 2.37. The van der Waals surface area contributed by atoms with Crippen molar-refractivity contribution >= 4 is 22.8 Å². The van der Waals surface area contributed by atoms with E-state index in [0.29, 0.717) is 119 Å². The van der Waals surface area contributed by atoms with Crippen LogP contribution in [0.5, 0.6) is 0 Å². The van der Waals surface area contributed by atoms with Gasteiger partial charge in [-0.05, 0) is 91.9 Å². The highest BCUT2D eigenvalue weighted by molar-refractivity contribution is 6.18. The van der Waals surface area contributed by atoms with E-state index in [4.69, 9.17) is 63.8 Å². The number of terminal acetylenes is 4. The smallest absolute Gasteiger partial charge is 0.278 e. The molecular weight excluding hydrogens is 1470 g/mol. The van der Waals surface area contributed by atoms with E-state index >= 15 is 0 Å². The second kappa shape index (κ2) is 32.0. The van der Waals surface area contributed by atoms with E-state index in [9.17, 15) is 4.39 Å². The van der Waals surface area contributed by atoms with Crippen molar-refractivity contribution < 1.29 is 22.5 Å². The zero-order valence-electron chi connectivity index (χ0n) is 63.8. The number of imidazole rings is 4. The lowest BCUT2D eigenvalue weighted by Gasteiger charge is -2.12. The molecule has 0 saturated heterocycles. The summed E-state index contributed by atoms with van der Waals surface area (Å²) in [6, 6.07) is 60.3. The van der Waals surface area contributed by atoms with Crippen molar-refractivity contribution in [2.45, 2.75) is 79.6 Å².